The number of likely N-dealkylation sites (tertiary alicyclic amines) is 1. The van der Waals surface area contributed by atoms with Crippen molar-refractivity contribution in [3.63, 3.8) is 0 Å². The zero-order chi connectivity index (χ0) is 16.2. The number of methoxy groups -OCH3 is 1. The molecule has 1 amide bonds. The van der Waals surface area contributed by atoms with Gasteiger partial charge >= 0.3 is 0 Å². The first-order valence-corrected chi connectivity index (χ1v) is 8.31. The van der Waals surface area contributed by atoms with Crippen LogP contribution in [0.3, 0.4) is 0 Å². The Hall–Kier alpha value is -1.44. The molecule has 2 aliphatic heterocycles. The van der Waals surface area contributed by atoms with Gasteiger partial charge in [0.15, 0.2) is 0 Å². The Balaban J connectivity index is 1.68. The van der Waals surface area contributed by atoms with Gasteiger partial charge in [0.1, 0.15) is 0 Å². The van der Waals surface area contributed by atoms with E-state index in [0.717, 1.165) is 51.3 Å². The molecule has 0 aliphatic carbocycles. The average Bonchev–Trinajstić information content (AvgIpc) is 3.15. The van der Waals surface area contributed by atoms with Crippen LogP contribution < -0.4 is 5.32 Å². The Morgan fingerprint density at radius 3 is 2.91 bits per heavy atom. The van der Waals surface area contributed by atoms with E-state index < -0.39 is 0 Å². The van der Waals surface area contributed by atoms with Crippen molar-refractivity contribution in [1.82, 2.24) is 14.7 Å². The summed E-state index contributed by atoms with van der Waals surface area (Å²) in [7, 11) is 1.76. The molecule has 128 valence electrons. The topological polar surface area (TPSA) is 68.6 Å². The standard InChI is InChI=1S/C16H26N4O3/c1-12(21)18-13-8-17-20(9-13)15-7-16(11-22-2)19(10-15)14-3-5-23-6-4-14/h8-9,14-16H,3-7,10-11H2,1-2H3,(H,18,21)/t15-,16-/m0/s1. The number of hydrogen-bond donors (Lipinski definition) is 1. The lowest BCUT2D eigenvalue weighted by atomic mass is 10.1. The summed E-state index contributed by atoms with van der Waals surface area (Å²) in [5.74, 6) is -0.0722. The highest BCUT2D eigenvalue weighted by molar-refractivity contribution is 5.88. The minimum absolute atomic E-state index is 0.0722. The molecule has 0 bridgehead atoms. The number of rotatable bonds is 5. The van der Waals surface area contributed by atoms with Crippen molar-refractivity contribution in [2.45, 2.75) is 44.3 Å². The first kappa shape index (κ1) is 16.4. The van der Waals surface area contributed by atoms with Crippen LogP contribution in [0.4, 0.5) is 5.69 Å². The molecule has 3 rings (SSSR count). The van der Waals surface area contributed by atoms with E-state index in [4.69, 9.17) is 9.47 Å². The molecule has 0 spiro atoms. The Morgan fingerprint density at radius 1 is 1.43 bits per heavy atom. The van der Waals surface area contributed by atoms with Gasteiger partial charge in [-0.25, -0.2) is 0 Å². The third-order valence-electron chi connectivity index (χ3n) is 4.75. The Kier molecular flexibility index (Phi) is 5.30. The van der Waals surface area contributed by atoms with Crippen LogP contribution in [0.5, 0.6) is 0 Å². The fourth-order valence-electron chi connectivity index (χ4n) is 3.73. The summed E-state index contributed by atoms with van der Waals surface area (Å²) in [5, 5.41) is 7.22. The number of amides is 1. The molecular weight excluding hydrogens is 296 g/mol. The van der Waals surface area contributed by atoms with Gasteiger partial charge in [-0.15, -0.1) is 0 Å². The molecule has 0 radical (unpaired) electrons. The number of ether oxygens (including phenoxy) is 2. The summed E-state index contributed by atoms with van der Waals surface area (Å²) in [5.41, 5.74) is 0.755. The summed E-state index contributed by atoms with van der Waals surface area (Å²) >= 11 is 0. The lowest BCUT2D eigenvalue weighted by Crippen LogP contribution is -2.44. The molecule has 0 unspecified atom stereocenters. The Morgan fingerprint density at radius 2 is 2.22 bits per heavy atom. The van der Waals surface area contributed by atoms with Gasteiger partial charge in [0.25, 0.3) is 0 Å². The van der Waals surface area contributed by atoms with Crippen molar-refractivity contribution in [3.05, 3.63) is 12.4 Å². The summed E-state index contributed by atoms with van der Waals surface area (Å²) in [6.07, 6.45) is 6.83. The quantitative estimate of drug-likeness (QED) is 0.884. The van der Waals surface area contributed by atoms with Crippen molar-refractivity contribution < 1.29 is 14.3 Å². The maximum absolute atomic E-state index is 11.2. The molecule has 1 aromatic rings. The van der Waals surface area contributed by atoms with Crippen molar-refractivity contribution in [3.8, 4) is 0 Å². The van der Waals surface area contributed by atoms with E-state index in [1.54, 1.807) is 13.3 Å². The summed E-state index contributed by atoms with van der Waals surface area (Å²) in [6, 6.07) is 1.31. The molecule has 2 saturated heterocycles. The van der Waals surface area contributed by atoms with E-state index in [9.17, 15) is 4.79 Å². The number of carbonyl (C=O) groups is 1. The van der Waals surface area contributed by atoms with E-state index >= 15 is 0 Å². The molecule has 2 atom stereocenters. The second-order valence-electron chi connectivity index (χ2n) is 6.43. The minimum atomic E-state index is -0.0722. The van der Waals surface area contributed by atoms with E-state index in [0.29, 0.717) is 18.1 Å². The number of anilines is 1. The van der Waals surface area contributed by atoms with Gasteiger partial charge in [0.05, 0.1) is 24.5 Å². The normalized spacial score (nSPS) is 26.5. The van der Waals surface area contributed by atoms with E-state index in [-0.39, 0.29) is 5.91 Å². The number of hydrogen-bond acceptors (Lipinski definition) is 5. The minimum Gasteiger partial charge on any atom is -0.383 e. The molecule has 2 aliphatic rings. The maximum Gasteiger partial charge on any atom is 0.221 e. The molecule has 0 saturated carbocycles. The molecule has 23 heavy (non-hydrogen) atoms. The zero-order valence-electron chi connectivity index (χ0n) is 13.9. The summed E-state index contributed by atoms with van der Waals surface area (Å²) in [6.45, 7) is 4.92. The van der Waals surface area contributed by atoms with E-state index in [1.165, 1.54) is 6.92 Å². The van der Waals surface area contributed by atoms with Crippen LogP contribution in [0.25, 0.3) is 0 Å². The van der Waals surface area contributed by atoms with Crippen molar-refractivity contribution >= 4 is 11.6 Å². The highest BCUT2D eigenvalue weighted by Crippen LogP contribution is 2.32. The molecule has 2 fully saturated rings. The van der Waals surface area contributed by atoms with E-state index in [2.05, 4.69) is 15.3 Å². The van der Waals surface area contributed by atoms with Gasteiger partial charge in [-0.1, -0.05) is 0 Å². The molecular formula is C16H26N4O3. The van der Waals surface area contributed by atoms with Gasteiger partial charge in [-0.2, -0.15) is 5.10 Å². The summed E-state index contributed by atoms with van der Waals surface area (Å²) in [4.78, 5) is 13.7. The fraction of sp³-hybridized carbons (Fsp3) is 0.750. The molecule has 7 heteroatoms. The third kappa shape index (κ3) is 3.91. The third-order valence-corrected chi connectivity index (χ3v) is 4.75. The number of aromatic nitrogens is 2. The first-order chi connectivity index (χ1) is 11.2. The molecule has 7 nitrogen and oxygen atoms in total. The predicted octanol–water partition coefficient (Wildman–Crippen LogP) is 1.28. The van der Waals surface area contributed by atoms with Crippen LogP contribution >= 0.6 is 0 Å². The predicted molar refractivity (Wildman–Crippen MR) is 86.4 cm³/mol. The first-order valence-electron chi connectivity index (χ1n) is 8.31. The van der Waals surface area contributed by atoms with Gasteiger partial charge in [0.2, 0.25) is 5.91 Å². The van der Waals surface area contributed by atoms with Gasteiger partial charge in [-0.3, -0.25) is 14.4 Å². The number of nitrogens with one attached hydrogen (secondary N) is 1. The van der Waals surface area contributed by atoms with Crippen LogP contribution in [0, 0.1) is 0 Å². The largest absolute Gasteiger partial charge is 0.383 e. The van der Waals surface area contributed by atoms with Crippen molar-refractivity contribution in [2.24, 2.45) is 0 Å². The number of carbonyl (C=O) groups excluding carboxylic acids is 1. The highest BCUT2D eigenvalue weighted by Gasteiger charge is 2.38. The van der Waals surface area contributed by atoms with Crippen LogP contribution in [0.1, 0.15) is 32.2 Å². The van der Waals surface area contributed by atoms with Crippen molar-refractivity contribution in [2.75, 3.05) is 38.8 Å². The molecule has 3 heterocycles. The van der Waals surface area contributed by atoms with Gasteiger partial charge < -0.3 is 14.8 Å². The maximum atomic E-state index is 11.2. The number of nitrogens with zero attached hydrogens (tertiary/aromatic N) is 3. The zero-order valence-corrected chi connectivity index (χ0v) is 13.9. The Bertz CT molecular complexity index is 527. The highest BCUT2D eigenvalue weighted by atomic mass is 16.5. The van der Waals surface area contributed by atoms with Gasteiger partial charge in [-0.05, 0) is 19.3 Å². The lowest BCUT2D eigenvalue weighted by Gasteiger charge is -2.35. The SMILES string of the molecule is COC[C@@H]1C[C@H](n2cc(NC(C)=O)cn2)CN1C1CCOCC1. The van der Waals surface area contributed by atoms with Crippen LogP contribution in [-0.4, -0.2) is 66.1 Å². The smallest absolute Gasteiger partial charge is 0.221 e. The second-order valence-corrected chi connectivity index (χ2v) is 6.43. The van der Waals surface area contributed by atoms with Crippen LogP contribution in [0.2, 0.25) is 0 Å². The average molecular weight is 322 g/mol. The van der Waals surface area contributed by atoms with E-state index in [1.807, 2.05) is 10.9 Å². The lowest BCUT2D eigenvalue weighted by molar-refractivity contribution is -0.114. The summed E-state index contributed by atoms with van der Waals surface area (Å²) < 4.78 is 12.9. The van der Waals surface area contributed by atoms with Gasteiger partial charge in [0, 0.05) is 52.1 Å². The van der Waals surface area contributed by atoms with Crippen LogP contribution in [0.15, 0.2) is 12.4 Å². The monoisotopic (exact) mass is 322 g/mol. The Labute approximate surface area is 136 Å². The van der Waals surface area contributed by atoms with Crippen molar-refractivity contribution in [1.29, 1.82) is 0 Å². The second kappa shape index (κ2) is 7.42. The molecule has 1 aromatic heterocycles. The van der Waals surface area contributed by atoms with Crippen LogP contribution in [-0.2, 0) is 14.3 Å². The molecule has 1 N–H and O–H groups in total. The molecule has 0 aromatic carbocycles. The fourth-order valence-corrected chi connectivity index (χ4v) is 3.73.